The van der Waals surface area contributed by atoms with Crippen molar-refractivity contribution in [2.45, 2.75) is 26.8 Å². The molecule has 4 rings (SSSR count). The third-order valence-electron chi connectivity index (χ3n) is 5.26. The smallest absolute Gasteiger partial charge is 0.350 e. The zero-order valence-electron chi connectivity index (χ0n) is 18.9. The molecule has 34 heavy (non-hydrogen) atoms. The number of aliphatic hydroxyl groups excluding tert-OH is 1. The maximum absolute atomic E-state index is 13.4. The minimum atomic E-state index is -1.03. The zero-order chi connectivity index (χ0) is 24.6. The monoisotopic (exact) mass is 482 g/mol. The van der Waals surface area contributed by atoms with Gasteiger partial charge in [-0.1, -0.05) is 23.5 Å². The highest BCUT2D eigenvalue weighted by molar-refractivity contribution is 7.17. The van der Waals surface area contributed by atoms with Gasteiger partial charge in [-0.05, 0) is 50.6 Å². The molecule has 2 aromatic heterocycles. The molecular formula is C24H22N2O7S. The lowest BCUT2D eigenvalue weighted by Gasteiger charge is -2.24. The fourth-order valence-corrected chi connectivity index (χ4v) is 4.76. The quantitative estimate of drug-likeness (QED) is 0.391. The van der Waals surface area contributed by atoms with E-state index in [-0.39, 0.29) is 21.3 Å². The molecule has 0 bridgehead atoms. The van der Waals surface area contributed by atoms with Crippen LogP contribution >= 0.6 is 11.3 Å². The van der Waals surface area contributed by atoms with Crippen LogP contribution in [0.4, 0.5) is 5.13 Å². The molecule has 0 saturated carbocycles. The number of hydrogen-bond donors (Lipinski definition) is 1. The first kappa shape index (κ1) is 23.2. The van der Waals surface area contributed by atoms with Crippen LogP contribution in [0.3, 0.4) is 0 Å². The molecule has 0 spiro atoms. The fourth-order valence-electron chi connectivity index (χ4n) is 3.75. The third-order valence-corrected chi connectivity index (χ3v) is 6.40. The number of carbonyl (C=O) groups is 3. The van der Waals surface area contributed by atoms with E-state index in [1.165, 1.54) is 18.1 Å². The average Bonchev–Trinajstić information content (AvgIpc) is 3.49. The van der Waals surface area contributed by atoms with E-state index in [1.807, 2.05) is 6.92 Å². The van der Waals surface area contributed by atoms with Crippen LogP contribution in [0.1, 0.15) is 50.2 Å². The first-order valence-electron chi connectivity index (χ1n) is 10.4. The molecule has 10 heteroatoms. The number of benzene rings is 1. The largest absolute Gasteiger partial charge is 0.503 e. The van der Waals surface area contributed by atoms with Crippen molar-refractivity contribution in [3.8, 4) is 5.75 Å². The molecule has 0 fully saturated rings. The number of esters is 1. The molecule has 1 aliphatic heterocycles. The van der Waals surface area contributed by atoms with E-state index in [0.717, 1.165) is 11.3 Å². The molecular weight excluding hydrogens is 460 g/mol. The molecule has 1 aliphatic rings. The first-order valence-corrected chi connectivity index (χ1v) is 11.2. The van der Waals surface area contributed by atoms with E-state index in [2.05, 4.69) is 4.98 Å². The number of amides is 1. The van der Waals surface area contributed by atoms with E-state index >= 15 is 0 Å². The minimum absolute atomic E-state index is 0.00904. The number of aliphatic hydroxyl groups is 1. The number of carbonyl (C=O) groups excluding carboxylic acids is 3. The molecule has 1 unspecified atom stereocenters. The summed E-state index contributed by atoms with van der Waals surface area (Å²) < 4.78 is 15.9. The Bertz CT molecular complexity index is 1320. The van der Waals surface area contributed by atoms with Crippen molar-refractivity contribution in [2.24, 2.45) is 0 Å². The van der Waals surface area contributed by atoms with Crippen LogP contribution < -0.4 is 9.64 Å². The van der Waals surface area contributed by atoms with Gasteiger partial charge in [0.05, 0.1) is 31.0 Å². The predicted molar refractivity (Wildman–Crippen MR) is 123 cm³/mol. The second-order valence-corrected chi connectivity index (χ2v) is 8.46. The number of hydrogen-bond acceptors (Lipinski definition) is 9. The summed E-state index contributed by atoms with van der Waals surface area (Å²) in [7, 11) is 1.25. The molecule has 0 saturated heterocycles. The van der Waals surface area contributed by atoms with Gasteiger partial charge in [-0.15, -0.1) is 0 Å². The number of ether oxygens (including phenoxy) is 2. The van der Waals surface area contributed by atoms with Gasteiger partial charge in [0.15, 0.2) is 16.7 Å². The minimum Gasteiger partial charge on any atom is -0.503 e. The average molecular weight is 483 g/mol. The van der Waals surface area contributed by atoms with E-state index in [4.69, 9.17) is 13.9 Å². The molecule has 176 valence electrons. The van der Waals surface area contributed by atoms with Gasteiger partial charge < -0.3 is 19.0 Å². The molecule has 3 heterocycles. The van der Waals surface area contributed by atoms with E-state index in [9.17, 15) is 19.5 Å². The van der Waals surface area contributed by atoms with Gasteiger partial charge in [-0.3, -0.25) is 14.5 Å². The molecule has 9 nitrogen and oxygen atoms in total. The SMILES string of the molecule is CCOc1cccc(C2C(C(=O)c3ccc(C)o3)=C(O)C(=O)N2c2nc(C)c(C(=O)OC)s2)c1. The van der Waals surface area contributed by atoms with Crippen molar-refractivity contribution >= 4 is 34.1 Å². The lowest BCUT2D eigenvalue weighted by Crippen LogP contribution is -2.31. The fraction of sp³-hybridized carbons (Fsp3) is 0.250. The first-order chi connectivity index (χ1) is 16.3. The Morgan fingerprint density at radius 2 is 2.00 bits per heavy atom. The Balaban J connectivity index is 1.88. The van der Waals surface area contributed by atoms with Crippen LogP contribution in [0.5, 0.6) is 5.75 Å². The topological polar surface area (TPSA) is 119 Å². The van der Waals surface area contributed by atoms with Crippen LogP contribution in [0.25, 0.3) is 0 Å². The van der Waals surface area contributed by atoms with Crippen molar-refractivity contribution in [3.05, 3.63) is 75.4 Å². The van der Waals surface area contributed by atoms with Crippen LogP contribution in [0.2, 0.25) is 0 Å². The van der Waals surface area contributed by atoms with Gasteiger partial charge in [0, 0.05) is 0 Å². The van der Waals surface area contributed by atoms with Crippen molar-refractivity contribution in [3.63, 3.8) is 0 Å². The van der Waals surface area contributed by atoms with Gasteiger partial charge >= 0.3 is 5.97 Å². The molecule has 1 atom stereocenters. The van der Waals surface area contributed by atoms with Crippen molar-refractivity contribution in [2.75, 3.05) is 18.6 Å². The summed E-state index contributed by atoms with van der Waals surface area (Å²) >= 11 is 0.937. The highest BCUT2D eigenvalue weighted by atomic mass is 32.1. The van der Waals surface area contributed by atoms with E-state index < -0.39 is 29.5 Å². The molecule has 0 aliphatic carbocycles. The molecule has 3 aromatic rings. The predicted octanol–water partition coefficient (Wildman–Crippen LogP) is 4.32. The van der Waals surface area contributed by atoms with Crippen LogP contribution in [-0.2, 0) is 9.53 Å². The third kappa shape index (κ3) is 3.96. The summed E-state index contributed by atoms with van der Waals surface area (Å²) in [4.78, 5) is 44.6. The summed E-state index contributed by atoms with van der Waals surface area (Å²) in [6, 6.07) is 8.96. The number of rotatable bonds is 7. The van der Waals surface area contributed by atoms with Gasteiger partial charge in [0.2, 0.25) is 5.78 Å². The van der Waals surface area contributed by atoms with Gasteiger partial charge in [-0.2, -0.15) is 0 Å². The standard InChI is InChI=1S/C24H22N2O7S/c1-5-32-15-8-6-7-14(11-15)18-17(19(27)16-10-9-12(2)33-16)20(28)22(29)26(18)24-25-13(3)21(34-24)23(30)31-4/h6-11,18,28H,5H2,1-4H3. The number of furan rings is 1. The normalized spacial score (nSPS) is 15.7. The van der Waals surface area contributed by atoms with Crippen molar-refractivity contribution in [1.82, 2.24) is 4.98 Å². The van der Waals surface area contributed by atoms with E-state index in [1.54, 1.807) is 44.2 Å². The second kappa shape index (κ2) is 9.14. The highest BCUT2D eigenvalue weighted by Gasteiger charge is 2.47. The number of methoxy groups -OCH3 is 1. The van der Waals surface area contributed by atoms with Crippen molar-refractivity contribution < 1.29 is 33.4 Å². The number of nitrogens with zero attached hydrogens (tertiary/aromatic N) is 2. The molecule has 1 amide bonds. The van der Waals surface area contributed by atoms with Crippen molar-refractivity contribution in [1.29, 1.82) is 0 Å². The summed E-state index contributed by atoms with van der Waals surface area (Å²) in [6.07, 6.45) is 0. The summed E-state index contributed by atoms with van der Waals surface area (Å²) in [5.74, 6) is -1.72. The van der Waals surface area contributed by atoms with Crippen LogP contribution in [-0.4, -0.2) is 41.5 Å². The highest BCUT2D eigenvalue weighted by Crippen LogP contribution is 2.44. The Morgan fingerprint density at radius 1 is 1.24 bits per heavy atom. The maximum atomic E-state index is 13.4. The van der Waals surface area contributed by atoms with Gasteiger partial charge in [0.1, 0.15) is 16.4 Å². The zero-order valence-corrected chi connectivity index (χ0v) is 19.8. The lowest BCUT2D eigenvalue weighted by atomic mass is 9.95. The molecule has 0 radical (unpaired) electrons. The Kier molecular flexibility index (Phi) is 6.25. The lowest BCUT2D eigenvalue weighted by molar-refractivity contribution is -0.117. The van der Waals surface area contributed by atoms with Crippen LogP contribution in [0, 0.1) is 13.8 Å². The number of ketones is 1. The molecule has 1 aromatic carbocycles. The van der Waals surface area contributed by atoms with Gasteiger partial charge in [0.25, 0.3) is 5.91 Å². The number of anilines is 1. The number of thiazole rings is 1. The maximum Gasteiger partial charge on any atom is 0.350 e. The Hall–Kier alpha value is -3.92. The Labute approximate surface area is 199 Å². The number of aromatic nitrogens is 1. The van der Waals surface area contributed by atoms with Crippen LogP contribution in [0.15, 0.2) is 52.1 Å². The summed E-state index contributed by atoms with van der Waals surface area (Å²) in [5, 5.41) is 11.0. The number of aryl methyl sites for hydroxylation is 2. The summed E-state index contributed by atoms with van der Waals surface area (Å²) in [6.45, 7) is 5.56. The van der Waals surface area contributed by atoms with E-state index in [0.29, 0.717) is 29.4 Å². The summed E-state index contributed by atoms with van der Waals surface area (Å²) in [5.41, 5.74) is 0.727. The Morgan fingerprint density at radius 3 is 2.65 bits per heavy atom. The van der Waals surface area contributed by atoms with Gasteiger partial charge in [-0.25, -0.2) is 9.78 Å². The number of Topliss-reactive ketones (excluding diaryl/α,β-unsaturated/α-hetero) is 1. The molecule has 1 N–H and O–H groups in total. The second-order valence-electron chi connectivity index (χ2n) is 7.49.